The molecule has 0 bridgehead atoms. The van der Waals surface area contributed by atoms with Crippen molar-refractivity contribution in [2.24, 2.45) is 11.3 Å². The number of rotatable bonds is 11. The molecule has 0 atom stereocenters. The summed E-state index contributed by atoms with van der Waals surface area (Å²) in [5.41, 5.74) is 0.434. The molecule has 1 N–H and O–H groups in total. The van der Waals surface area contributed by atoms with Gasteiger partial charge in [-0.05, 0) is 74.0 Å². The third-order valence-electron chi connectivity index (χ3n) is 5.44. The van der Waals surface area contributed by atoms with Crippen molar-refractivity contribution in [1.29, 1.82) is 0 Å². The van der Waals surface area contributed by atoms with E-state index < -0.39 is 21.4 Å². The third-order valence-corrected chi connectivity index (χ3v) is 6.96. The fraction of sp³-hybridized carbons (Fsp3) is 0.652. The van der Waals surface area contributed by atoms with Gasteiger partial charge in [0.25, 0.3) is 0 Å². The lowest BCUT2D eigenvalue weighted by Crippen LogP contribution is -2.36. The van der Waals surface area contributed by atoms with Crippen LogP contribution in [-0.4, -0.2) is 20.8 Å². The molecule has 29 heavy (non-hydrogen) atoms. The molecular formula is C23H34FNO3S. The lowest BCUT2D eigenvalue weighted by Gasteiger charge is -2.19. The van der Waals surface area contributed by atoms with Crippen LogP contribution in [0.15, 0.2) is 30.4 Å². The van der Waals surface area contributed by atoms with Gasteiger partial charge >= 0.3 is 0 Å². The van der Waals surface area contributed by atoms with E-state index in [1.165, 1.54) is 6.07 Å². The number of unbranched alkanes of at least 4 members (excludes halogenated alkanes) is 1. The Hall–Kier alpha value is -1.40. The molecule has 0 spiro atoms. The maximum absolute atomic E-state index is 14.1. The first-order valence-electron chi connectivity index (χ1n) is 10.7. The van der Waals surface area contributed by atoms with Crippen LogP contribution >= 0.6 is 0 Å². The van der Waals surface area contributed by atoms with Gasteiger partial charge in [-0.3, -0.25) is 0 Å². The van der Waals surface area contributed by atoms with E-state index in [1.807, 2.05) is 0 Å². The summed E-state index contributed by atoms with van der Waals surface area (Å²) in [6.45, 7) is 7.07. The zero-order valence-electron chi connectivity index (χ0n) is 17.8. The van der Waals surface area contributed by atoms with Gasteiger partial charge in [-0.25, -0.2) is 17.5 Å². The molecule has 2 aliphatic rings. The van der Waals surface area contributed by atoms with Crippen LogP contribution in [0, 0.1) is 17.2 Å². The molecule has 6 heteroatoms. The number of allylic oxidation sites excluding steroid dienone is 2. The van der Waals surface area contributed by atoms with Gasteiger partial charge in [-0.2, -0.15) is 0 Å². The summed E-state index contributed by atoms with van der Waals surface area (Å²) in [4.78, 5) is 0. The lowest BCUT2D eigenvalue weighted by atomic mass is 9.92. The van der Waals surface area contributed by atoms with E-state index in [0.29, 0.717) is 18.9 Å². The summed E-state index contributed by atoms with van der Waals surface area (Å²) in [6, 6.07) is 4.72. The van der Waals surface area contributed by atoms with Crippen molar-refractivity contribution in [3.05, 3.63) is 41.7 Å². The second kappa shape index (κ2) is 8.76. The van der Waals surface area contributed by atoms with Crippen LogP contribution in [0.25, 0.3) is 0 Å². The molecule has 0 aliphatic heterocycles. The maximum atomic E-state index is 14.1. The molecule has 0 aromatic heterocycles. The topological polar surface area (TPSA) is 55.4 Å². The maximum Gasteiger partial charge on any atom is 0.212 e. The number of benzene rings is 1. The van der Waals surface area contributed by atoms with Crippen LogP contribution in [0.2, 0.25) is 0 Å². The molecule has 0 unspecified atom stereocenters. The highest BCUT2D eigenvalue weighted by Crippen LogP contribution is 2.47. The molecule has 0 saturated heterocycles. The van der Waals surface area contributed by atoms with Gasteiger partial charge in [0, 0.05) is 0 Å². The van der Waals surface area contributed by atoms with Crippen LogP contribution < -0.4 is 9.46 Å². The zero-order chi connectivity index (χ0) is 21.1. The third kappa shape index (κ3) is 7.10. The number of nitrogens with one attached hydrogen (secondary N) is 1. The van der Waals surface area contributed by atoms with Crippen LogP contribution in [0.4, 0.5) is 4.39 Å². The van der Waals surface area contributed by atoms with E-state index >= 15 is 0 Å². The number of hydrogen-bond acceptors (Lipinski definition) is 3. The van der Waals surface area contributed by atoms with Gasteiger partial charge in [0.2, 0.25) is 10.0 Å². The standard InChI is InChI=1S/C23H34FNO3S/c1-22(2,3)12-6-4-5-7-15-29(26,27)25-23(13-14-23)19-10-11-20(24)21(16-19)28-17-18-8-9-18/h4,6,10-11,16,18,25H,5,7-9,12-15,17H2,1-3H3/b6-4+. The summed E-state index contributed by atoms with van der Waals surface area (Å²) >= 11 is 0. The van der Waals surface area contributed by atoms with Gasteiger partial charge in [0.05, 0.1) is 17.9 Å². The average molecular weight is 424 g/mol. The van der Waals surface area contributed by atoms with Crippen molar-refractivity contribution in [3.8, 4) is 5.75 Å². The van der Waals surface area contributed by atoms with Crippen LogP contribution in [0.1, 0.15) is 71.3 Å². The Kier molecular flexibility index (Phi) is 6.74. The van der Waals surface area contributed by atoms with Gasteiger partial charge in [0.15, 0.2) is 11.6 Å². The predicted octanol–water partition coefficient (Wildman–Crippen LogP) is 5.30. The smallest absolute Gasteiger partial charge is 0.212 e. The minimum Gasteiger partial charge on any atom is -0.490 e. The van der Waals surface area contributed by atoms with E-state index in [0.717, 1.165) is 44.1 Å². The monoisotopic (exact) mass is 423 g/mol. The molecule has 2 saturated carbocycles. The van der Waals surface area contributed by atoms with E-state index in [-0.39, 0.29) is 16.9 Å². The van der Waals surface area contributed by atoms with Gasteiger partial charge in [-0.1, -0.05) is 39.0 Å². The van der Waals surface area contributed by atoms with Gasteiger partial charge in [0.1, 0.15) is 0 Å². The van der Waals surface area contributed by atoms with Crippen molar-refractivity contribution in [3.63, 3.8) is 0 Å². The minimum absolute atomic E-state index is 0.0981. The van der Waals surface area contributed by atoms with Crippen molar-refractivity contribution >= 4 is 10.0 Å². The average Bonchev–Trinajstić information content (AvgIpc) is 3.52. The zero-order valence-corrected chi connectivity index (χ0v) is 18.7. The summed E-state index contributed by atoms with van der Waals surface area (Å²) < 4.78 is 47.7. The molecule has 0 amide bonds. The van der Waals surface area contributed by atoms with Crippen LogP contribution in [0.5, 0.6) is 5.75 Å². The highest BCUT2D eigenvalue weighted by atomic mass is 32.2. The minimum atomic E-state index is -3.40. The second-order valence-corrected chi connectivity index (χ2v) is 11.6. The number of sulfonamides is 1. The van der Waals surface area contributed by atoms with Gasteiger partial charge < -0.3 is 4.74 Å². The Balaban J connectivity index is 1.54. The Morgan fingerprint density at radius 3 is 2.59 bits per heavy atom. The quantitative estimate of drug-likeness (QED) is 0.388. The number of halogens is 1. The Labute approximate surface area is 175 Å². The fourth-order valence-corrected chi connectivity index (χ4v) is 4.84. The summed E-state index contributed by atoms with van der Waals surface area (Å²) in [7, 11) is -3.40. The molecule has 2 fully saturated rings. The van der Waals surface area contributed by atoms with Crippen LogP contribution in [-0.2, 0) is 15.6 Å². The summed E-state index contributed by atoms with van der Waals surface area (Å²) in [5.74, 6) is 0.462. The predicted molar refractivity (Wildman–Crippen MR) is 115 cm³/mol. The van der Waals surface area contributed by atoms with Crippen LogP contribution in [0.3, 0.4) is 0 Å². The first-order valence-corrected chi connectivity index (χ1v) is 12.3. The molecule has 1 aromatic carbocycles. The van der Waals surface area contributed by atoms with E-state index in [2.05, 4.69) is 37.6 Å². The van der Waals surface area contributed by atoms with Crippen molar-refractivity contribution in [1.82, 2.24) is 4.72 Å². The largest absolute Gasteiger partial charge is 0.490 e. The fourth-order valence-electron chi connectivity index (χ4n) is 3.27. The van der Waals surface area contributed by atoms with Gasteiger partial charge in [-0.15, -0.1) is 0 Å². The molecule has 2 aliphatic carbocycles. The summed E-state index contributed by atoms with van der Waals surface area (Å²) in [5, 5.41) is 0. The van der Waals surface area contributed by atoms with Crippen molar-refractivity contribution < 1.29 is 17.5 Å². The Morgan fingerprint density at radius 1 is 1.24 bits per heavy atom. The SMILES string of the molecule is CC(C)(C)C/C=C/CCCS(=O)(=O)NC1(c2ccc(F)c(OCC3CC3)c2)CC1. The second-order valence-electron chi connectivity index (χ2n) is 9.78. The Bertz CT molecular complexity index is 834. The molecule has 1 aromatic rings. The molecule has 0 radical (unpaired) electrons. The highest BCUT2D eigenvalue weighted by molar-refractivity contribution is 7.89. The molecule has 162 valence electrons. The van der Waals surface area contributed by atoms with E-state index in [9.17, 15) is 12.8 Å². The number of hydrogen-bond donors (Lipinski definition) is 1. The van der Waals surface area contributed by atoms with E-state index in [4.69, 9.17) is 4.74 Å². The molecule has 0 heterocycles. The lowest BCUT2D eigenvalue weighted by molar-refractivity contribution is 0.284. The number of ether oxygens (including phenoxy) is 1. The summed E-state index contributed by atoms with van der Waals surface area (Å²) in [6.07, 6.45) is 10.2. The first-order chi connectivity index (χ1) is 13.6. The molecule has 4 nitrogen and oxygen atoms in total. The van der Waals surface area contributed by atoms with Crippen molar-refractivity contribution in [2.45, 2.75) is 71.3 Å². The Morgan fingerprint density at radius 2 is 1.97 bits per heavy atom. The normalized spacial score (nSPS) is 18.9. The first kappa shape index (κ1) is 22.3. The molecular weight excluding hydrogens is 389 g/mol. The van der Waals surface area contributed by atoms with E-state index in [1.54, 1.807) is 12.1 Å². The highest BCUT2D eigenvalue weighted by Gasteiger charge is 2.47. The van der Waals surface area contributed by atoms with Crippen molar-refractivity contribution in [2.75, 3.05) is 12.4 Å². The molecule has 3 rings (SSSR count).